The molecule has 0 bridgehead atoms. The van der Waals surface area contributed by atoms with Gasteiger partial charge >= 0.3 is 0 Å². The smallest absolute Gasteiger partial charge is 0.266 e. The number of nitrogens with one attached hydrogen (secondary N) is 1. The predicted octanol–water partition coefficient (Wildman–Crippen LogP) is 6.57. The van der Waals surface area contributed by atoms with Crippen LogP contribution in [-0.4, -0.2) is 21.2 Å². The molecule has 0 fully saturated rings. The molecule has 0 aliphatic rings. The third-order valence-corrected chi connectivity index (χ3v) is 7.18. The second kappa shape index (κ2) is 9.83. The fourth-order valence-corrected chi connectivity index (χ4v) is 6.07. The van der Waals surface area contributed by atoms with Crippen LogP contribution in [0.1, 0.15) is 16.7 Å². The van der Waals surface area contributed by atoms with E-state index in [0.717, 1.165) is 31.3 Å². The highest BCUT2D eigenvalue weighted by Gasteiger charge is 2.16. The van der Waals surface area contributed by atoms with Crippen LogP contribution in [0.3, 0.4) is 0 Å². The first kappa shape index (κ1) is 23.7. The van der Waals surface area contributed by atoms with E-state index in [0.29, 0.717) is 21.7 Å². The first-order chi connectivity index (χ1) is 15.7. The van der Waals surface area contributed by atoms with E-state index in [2.05, 4.69) is 43.2 Å². The molecule has 4 aromatic rings. The van der Waals surface area contributed by atoms with E-state index in [-0.39, 0.29) is 17.2 Å². The summed E-state index contributed by atoms with van der Waals surface area (Å²) in [6.45, 7) is 5.97. The molecule has 0 aliphatic heterocycles. The molecule has 1 heterocycles. The average molecular weight is 587 g/mol. The zero-order valence-electron chi connectivity index (χ0n) is 18.3. The van der Waals surface area contributed by atoms with E-state index in [1.54, 1.807) is 10.6 Å². The Bertz CT molecular complexity index is 1410. The number of fused-ring (bicyclic) bond motifs is 1. The number of aromatic nitrogens is 2. The molecular formula is C25H21Br2N3O2S. The predicted molar refractivity (Wildman–Crippen MR) is 143 cm³/mol. The third-order valence-electron chi connectivity index (χ3n) is 4.99. The van der Waals surface area contributed by atoms with Crippen LogP contribution in [0.2, 0.25) is 0 Å². The summed E-state index contributed by atoms with van der Waals surface area (Å²) in [5.41, 5.74) is 5.03. The van der Waals surface area contributed by atoms with Crippen molar-refractivity contribution < 1.29 is 4.79 Å². The van der Waals surface area contributed by atoms with Gasteiger partial charge in [-0.15, -0.1) is 0 Å². The van der Waals surface area contributed by atoms with Gasteiger partial charge in [0.1, 0.15) is 0 Å². The molecule has 168 valence electrons. The number of anilines is 1. The Kier molecular flexibility index (Phi) is 7.07. The Balaban J connectivity index is 1.70. The Hall–Kier alpha value is -2.42. The van der Waals surface area contributed by atoms with Gasteiger partial charge < -0.3 is 5.32 Å². The van der Waals surface area contributed by atoms with Gasteiger partial charge in [-0.05, 0) is 106 Å². The lowest BCUT2D eigenvalue weighted by molar-refractivity contribution is -0.113. The molecule has 4 rings (SSSR count). The molecule has 1 amide bonds. The summed E-state index contributed by atoms with van der Waals surface area (Å²) in [5, 5.41) is 3.95. The minimum atomic E-state index is -0.195. The molecule has 1 aromatic heterocycles. The van der Waals surface area contributed by atoms with Crippen molar-refractivity contribution in [2.75, 3.05) is 11.1 Å². The van der Waals surface area contributed by atoms with Crippen molar-refractivity contribution in [1.29, 1.82) is 0 Å². The van der Waals surface area contributed by atoms with Gasteiger partial charge in [-0.3, -0.25) is 14.2 Å². The summed E-state index contributed by atoms with van der Waals surface area (Å²) in [6.07, 6.45) is 0. The van der Waals surface area contributed by atoms with E-state index in [1.165, 1.54) is 11.8 Å². The van der Waals surface area contributed by atoms with Crippen molar-refractivity contribution >= 4 is 66.1 Å². The van der Waals surface area contributed by atoms with Crippen molar-refractivity contribution in [3.05, 3.63) is 90.6 Å². The van der Waals surface area contributed by atoms with Crippen molar-refractivity contribution in [3.63, 3.8) is 0 Å². The number of amides is 1. The van der Waals surface area contributed by atoms with Crippen LogP contribution >= 0.6 is 43.6 Å². The number of carbonyl (C=O) groups excluding carboxylic acids is 1. The number of hydrogen-bond acceptors (Lipinski definition) is 4. The lowest BCUT2D eigenvalue weighted by Crippen LogP contribution is -2.23. The minimum absolute atomic E-state index is 0.0995. The van der Waals surface area contributed by atoms with Crippen LogP contribution in [0, 0.1) is 20.8 Å². The summed E-state index contributed by atoms with van der Waals surface area (Å²) >= 11 is 8.25. The summed E-state index contributed by atoms with van der Waals surface area (Å²) in [4.78, 5) is 30.9. The summed E-state index contributed by atoms with van der Waals surface area (Å²) in [7, 11) is 0. The van der Waals surface area contributed by atoms with Crippen LogP contribution in [0.15, 0.2) is 73.5 Å². The first-order valence-corrected chi connectivity index (χ1v) is 12.8. The van der Waals surface area contributed by atoms with Gasteiger partial charge in [-0.2, -0.15) is 0 Å². The zero-order chi connectivity index (χ0) is 23.7. The van der Waals surface area contributed by atoms with E-state index in [1.807, 2.05) is 63.2 Å². The standard InChI is InChI=1S/C25H21Br2N3O2S/c1-14-8-15(2)10-17(9-14)30-24(32)18-6-4-5-7-21(18)28-25(30)33-13-22(31)29-23-19(26)11-16(3)12-20(23)27/h4-12H,13H2,1-3H3,(H,29,31). The first-order valence-electron chi connectivity index (χ1n) is 10.2. The van der Waals surface area contributed by atoms with Gasteiger partial charge in [0.25, 0.3) is 5.56 Å². The normalized spacial score (nSPS) is 11.1. The van der Waals surface area contributed by atoms with E-state index < -0.39 is 0 Å². The van der Waals surface area contributed by atoms with Crippen LogP contribution in [-0.2, 0) is 4.79 Å². The molecule has 5 nitrogen and oxygen atoms in total. The van der Waals surface area contributed by atoms with Crippen molar-refractivity contribution in [2.45, 2.75) is 25.9 Å². The molecule has 0 aliphatic carbocycles. The molecule has 0 unspecified atom stereocenters. The molecule has 1 N–H and O–H groups in total. The second-order valence-corrected chi connectivity index (χ2v) is 10.5. The number of carbonyl (C=O) groups is 1. The molecular weight excluding hydrogens is 566 g/mol. The van der Waals surface area contributed by atoms with Gasteiger partial charge in [-0.1, -0.05) is 30.0 Å². The van der Waals surface area contributed by atoms with Crippen LogP contribution < -0.4 is 10.9 Å². The fourth-order valence-electron chi connectivity index (χ4n) is 3.64. The van der Waals surface area contributed by atoms with Gasteiger partial charge in [0.05, 0.1) is 28.0 Å². The maximum atomic E-state index is 13.4. The Morgan fingerprint density at radius 2 is 1.58 bits per heavy atom. The van der Waals surface area contributed by atoms with Gasteiger partial charge in [0, 0.05) is 8.95 Å². The number of aryl methyl sites for hydroxylation is 3. The number of nitrogens with zero attached hydrogens (tertiary/aromatic N) is 2. The Labute approximate surface area is 212 Å². The van der Waals surface area contributed by atoms with Crippen molar-refractivity contribution in [1.82, 2.24) is 9.55 Å². The Morgan fingerprint density at radius 3 is 2.24 bits per heavy atom. The van der Waals surface area contributed by atoms with Crippen LogP contribution in [0.25, 0.3) is 16.6 Å². The highest BCUT2D eigenvalue weighted by atomic mass is 79.9. The lowest BCUT2D eigenvalue weighted by Gasteiger charge is -2.15. The number of thioether (sulfide) groups is 1. The van der Waals surface area contributed by atoms with E-state index >= 15 is 0 Å². The number of rotatable bonds is 5. The second-order valence-electron chi connectivity index (χ2n) is 7.84. The summed E-state index contributed by atoms with van der Waals surface area (Å²) in [6, 6.07) is 17.1. The van der Waals surface area contributed by atoms with Gasteiger partial charge in [0.15, 0.2) is 5.16 Å². The van der Waals surface area contributed by atoms with E-state index in [4.69, 9.17) is 4.98 Å². The monoisotopic (exact) mass is 585 g/mol. The zero-order valence-corrected chi connectivity index (χ0v) is 22.3. The molecule has 0 saturated carbocycles. The summed E-state index contributed by atoms with van der Waals surface area (Å²) in [5.74, 6) is -0.0952. The van der Waals surface area contributed by atoms with E-state index in [9.17, 15) is 9.59 Å². The molecule has 3 aromatic carbocycles. The van der Waals surface area contributed by atoms with Crippen LogP contribution in [0.5, 0.6) is 0 Å². The molecule has 8 heteroatoms. The molecule has 0 spiro atoms. The quantitative estimate of drug-likeness (QED) is 0.212. The number of halogens is 2. The number of para-hydroxylation sites is 1. The topological polar surface area (TPSA) is 64.0 Å². The van der Waals surface area contributed by atoms with Crippen molar-refractivity contribution in [2.24, 2.45) is 0 Å². The number of benzene rings is 3. The van der Waals surface area contributed by atoms with Crippen LogP contribution in [0.4, 0.5) is 5.69 Å². The highest BCUT2D eigenvalue weighted by molar-refractivity contribution is 9.11. The molecule has 33 heavy (non-hydrogen) atoms. The maximum Gasteiger partial charge on any atom is 0.266 e. The van der Waals surface area contributed by atoms with Gasteiger partial charge in [-0.25, -0.2) is 4.98 Å². The number of hydrogen-bond donors (Lipinski definition) is 1. The molecule has 0 saturated heterocycles. The lowest BCUT2D eigenvalue weighted by atomic mass is 10.1. The Morgan fingerprint density at radius 1 is 0.970 bits per heavy atom. The molecule has 0 atom stereocenters. The average Bonchev–Trinajstić information content (AvgIpc) is 2.74. The minimum Gasteiger partial charge on any atom is -0.323 e. The highest BCUT2D eigenvalue weighted by Crippen LogP contribution is 2.32. The molecule has 0 radical (unpaired) electrons. The van der Waals surface area contributed by atoms with Crippen molar-refractivity contribution in [3.8, 4) is 5.69 Å². The maximum absolute atomic E-state index is 13.4. The third kappa shape index (κ3) is 5.23. The summed E-state index contributed by atoms with van der Waals surface area (Å²) < 4.78 is 3.19. The largest absolute Gasteiger partial charge is 0.323 e. The fraction of sp³-hybridized carbons (Fsp3) is 0.160. The van der Waals surface area contributed by atoms with Gasteiger partial charge in [0.2, 0.25) is 5.91 Å². The SMILES string of the molecule is Cc1cc(C)cc(-n2c(SCC(=O)Nc3c(Br)cc(C)cc3Br)nc3ccccc3c2=O)c1.